The molecule has 1 aromatic heterocycles. The number of aromatic nitrogens is 2. The molecule has 2 rings (SSSR count). The third kappa shape index (κ3) is 2.51. The molecular weight excluding hydrogens is 259 g/mol. The highest BCUT2D eigenvalue weighted by Gasteiger charge is 2.12. The number of aromatic amines is 1. The minimum Gasteiger partial charge on any atom is -0.461 e. The number of hydrogen-bond donors (Lipinski definition) is 1. The van der Waals surface area contributed by atoms with Crippen LogP contribution in [0.1, 0.15) is 17.4 Å². The van der Waals surface area contributed by atoms with Crippen LogP contribution < -0.4 is 0 Å². The molecule has 0 aliphatic rings. The molecule has 6 heteroatoms. The van der Waals surface area contributed by atoms with Crippen LogP contribution in [0.5, 0.6) is 0 Å². The van der Waals surface area contributed by atoms with Gasteiger partial charge in [-0.2, -0.15) is 5.10 Å². The second-order valence-corrected chi connectivity index (χ2v) is 3.92. The van der Waals surface area contributed by atoms with E-state index in [4.69, 9.17) is 16.3 Å². The van der Waals surface area contributed by atoms with Crippen LogP contribution in [-0.4, -0.2) is 22.8 Å². The van der Waals surface area contributed by atoms with Gasteiger partial charge in [-0.3, -0.25) is 5.10 Å². The lowest BCUT2D eigenvalue weighted by molar-refractivity contribution is 0.0519. The Balaban J connectivity index is 2.29. The first-order valence-corrected chi connectivity index (χ1v) is 5.67. The highest BCUT2D eigenvalue weighted by Crippen LogP contribution is 2.23. The van der Waals surface area contributed by atoms with E-state index in [0.717, 1.165) is 0 Å². The first-order chi connectivity index (χ1) is 8.61. The van der Waals surface area contributed by atoms with Gasteiger partial charge in [0.2, 0.25) is 0 Å². The number of ether oxygens (including phenoxy) is 1. The molecule has 0 unspecified atom stereocenters. The van der Waals surface area contributed by atoms with Gasteiger partial charge in [0.1, 0.15) is 11.5 Å². The van der Waals surface area contributed by atoms with E-state index in [1.165, 1.54) is 24.3 Å². The molecule has 0 saturated carbocycles. The predicted molar refractivity (Wildman–Crippen MR) is 64.9 cm³/mol. The Morgan fingerprint density at radius 3 is 2.94 bits per heavy atom. The van der Waals surface area contributed by atoms with Gasteiger partial charge in [0.15, 0.2) is 0 Å². The highest BCUT2D eigenvalue weighted by atomic mass is 35.5. The van der Waals surface area contributed by atoms with Crippen LogP contribution in [0.3, 0.4) is 0 Å². The zero-order valence-electron chi connectivity index (χ0n) is 9.54. The number of nitrogens with one attached hydrogen (secondary N) is 1. The zero-order valence-corrected chi connectivity index (χ0v) is 10.3. The van der Waals surface area contributed by atoms with Gasteiger partial charge in [0, 0.05) is 5.56 Å². The summed E-state index contributed by atoms with van der Waals surface area (Å²) in [7, 11) is 0. The molecule has 1 N–H and O–H groups in total. The Bertz CT molecular complexity index is 583. The molecule has 0 aliphatic carbocycles. The number of carbonyl (C=O) groups is 1. The maximum atomic E-state index is 13.0. The second-order valence-electron chi connectivity index (χ2n) is 3.52. The number of carbonyl (C=O) groups excluding carboxylic acids is 1. The summed E-state index contributed by atoms with van der Waals surface area (Å²) in [6.45, 7) is 2.00. The smallest absolute Gasteiger partial charge is 0.356 e. The average molecular weight is 269 g/mol. The molecule has 0 aliphatic heterocycles. The monoisotopic (exact) mass is 268 g/mol. The quantitative estimate of drug-likeness (QED) is 0.871. The van der Waals surface area contributed by atoms with E-state index < -0.39 is 11.8 Å². The van der Waals surface area contributed by atoms with Gasteiger partial charge in [0.05, 0.1) is 17.3 Å². The van der Waals surface area contributed by atoms with E-state index in [0.29, 0.717) is 11.3 Å². The summed E-state index contributed by atoms with van der Waals surface area (Å²) in [4.78, 5) is 11.4. The normalized spacial score (nSPS) is 10.4. The number of nitrogens with zero attached hydrogens (tertiary/aromatic N) is 1. The Kier molecular flexibility index (Phi) is 3.62. The fourth-order valence-electron chi connectivity index (χ4n) is 1.44. The summed E-state index contributed by atoms with van der Waals surface area (Å²) >= 11 is 5.68. The first kappa shape index (κ1) is 12.6. The molecule has 0 saturated heterocycles. The second kappa shape index (κ2) is 5.18. The molecule has 2 aromatic rings. The van der Waals surface area contributed by atoms with Gasteiger partial charge in [-0.1, -0.05) is 11.6 Å². The SMILES string of the molecule is CCOC(=O)c1cc(-c2ccc(F)c(Cl)c2)n[nH]1. The van der Waals surface area contributed by atoms with Crippen LogP contribution in [0, 0.1) is 5.82 Å². The van der Waals surface area contributed by atoms with Crippen LogP contribution >= 0.6 is 11.6 Å². The summed E-state index contributed by atoms with van der Waals surface area (Å²) in [5, 5.41) is 6.52. The molecule has 94 valence electrons. The molecule has 0 fully saturated rings. The topological polar surface area (TPSA) is 55.0 Å². The van der Waals surface area contributed by atoms with E-state index >= 15 is 0 Å². The van der Waals surface area contributed by atoms with Gasteiger partial charge in [-0.25, -0.2) is 9.18 Å². The van der Waals surface area contributed by atoms with Gasteiger partial charge in [-0.15, -0.1) is 0 Å². The van der Waals surface area contributed by atoms with E-state index in [1.807, 2.05) is 0 Å². The maximum absolute atomic E-state index is 13.0. The summed E-state index contributed by atoms with van der Waals surface area (Å²) in [6, 6.07) is 5.76. The van der Waals surface area contributed by atoms with Crippen molar-refractivity contribution in [2.75, 3.05) is 6.61 Å². The molecule has 1 heterocycles. The Morgan fingerprint density at radius 1 is 1.50 bits per heavy atom. The molecular formula is C12H10ClFN2O2. The Hall–Kier alpha value is -1.88. The standard InChI is InChI=1S/C12H10ClFN2O2/c1-2-18-12(17)11-6-10(15-16-11)7-3-4-9(14)8(13)5-7/h3-6H,2H2,1H3,(H,15,16). The summed E-state index contributed by atoms with van der Waals surface area (Å²) in [5.41, 5.74) is 1.36. The van der Waals surface area contributed by atoms with Gasteiger partial charge in [0.25, 0.3) is 0 Å². The molecule has 0 amide bonds. The van der Waals surface area contributed by atoms with E-state index in [1.54, 1.807) is 6.92 Å². The number of hydrogen-bond acceptors (Lipinski definition) is 3. The number of halogens is 2. The van der Waals surface area contributed by atoms with Gasteiger partial charge >= 0.3 is 5.97 Å². The molecule has 4 nitrogen and oxygen atoms in total. The van der Waals surface area contributed by atoms with Crippen molar-refractivity contribution in [3.63, 3.8) is 0 Å². The predicted octanol–water partition coefficient (Wildman–Crippen LogP) is 3.05. The average Bonchev–Trinajstić information content (AvgIpc) is 2.82. The number of benzene rings is 1. The van der Waals surface area contributed by atoms with E-state index in [9.17, 15) is 9.18 Å². The van der Waals surface area contributed by atoms with Crippen molar-refractivity contribution in [1.82, 2.24) is 10.2 Å². The van der Waals surface area contributed by atoms with E-state index in [2.05, 4.69) is 10.2 Å². The fraction of sp³-hybridized carbons (Fsp3) is 0.167. The number of H-pyrrole nitrogens is 1. The lowest BCUT2D eigenvalue weighted by Crippen LogP contribution is -2.04. The van der Waals surface area contributed by atoms with Crippen molar-refractivity contribution >= 4 is 17.6 Å². The van der Waals surface area contributed by atoms with Crippen LogP contribution in [0.2, 0.25) is 5.02 Å². The van der Waals surface area contributed by atoms with E-state index in [-0.39, 0.29) is 17.3 Å². The minimum absolute atomic E-state index is 0.00758. The van der Waals surface area contributed by atoms with Crippen LogP contribution in [0.4, 0.5) is 4.39 Å². The molecule has 0 atom stereocenters. The molecule has 18 heavy (non-hydrogen) atoms. The minimum atomic E-state index is -0.499. The molecule has 1 aromatic carbocycles. The van der Waals surface area contributed by atoms with Crippen molar-refractivity contribution in [3.8, 4) is 11.3 Å². The van der Waals surface area contributed by atoms with Gasteiger partial charge in [-0.05, 0) is 31.2 Å². The highest BCUT2D eigenvalue weighted by molar-refractivity contribution is 6.31. The van der Waals surface area contributed by atoms with Crippen molar-refractivity contribution < 1.29 is 13.9 Å². The number of esters is 1. The lowest BCUT2D eigenvalue weighted by Gasteiger charge is -1.98. The fourth-order valence-corrected chi connectivity index (χ4v) is 1.62. The van der Waals surface area contributed by atoms with Crippen molar-refractivity contribution in [3.05, 3.63) is 40.8 Å². The van der Waals surface area contributed by atoms with Gasteiger partial charge < -0.3 is 4.74 Å². The number of rotatable bonds is 3. The largest absolute Gasteiger partial charge is 0.461 e. The Morgan fingerprint density at radius 2 is 2.28 bits per heavy atom. The van der Waals surface area contributed by atoms with Crippen LogP contribution in [0.25, 0.3) is 11.3 Å². The van der Waals surface area contributed by atoms with Crippen molar-refractivity contribution in [2.24, 2.45) is 0 Å². The van der Waals surface area contributed by atoms with Crippen molar-refractivity contribution in [1.29, 1.82) is 0 Å². The Labute approximate surface area is 108 Å². The summed E-state index contributed by atoms with van der Waals surface area (Å²) in [5.74, 6) is -0.981. The molecule has 0 spiro atoms. The first-order valence-electron chi connectivity index (χ1n) is 5.29. The van der Waals surface area contributed by atoms with Crippen LogP contribution in [0.15, 0.2) is 24.3 Å². The zero-order chi connectivity index (χ0) is 13.1. The van der Waals surface area contributed by atoms with Crippen LogP contribution in [-0.2, 0) is 4.74 Å². The third-order valence-electron chi connectivity index (χ3n) is 2.29. The third-order valence-corrected chi connectivity index (χ3v) is 2.58. The lowest BCUT2D eigenvalue weighted by atomic mass is 10.1. The summed E-state index contributed by atoms with van der Waals surface area (Å²) in [6.07, 6.45) is 0. The molecule has 0 radical (unpaired) electrons. The summed E-state index contributed by atoms with van der Waals surface area (Å²) < 4.78 is 17.8. The van der Waals surface area contributed by atoms with Crippen molar-refractivity contribution in [2.45, 2.75) is 6.92 Å². The molecule has 0 bridgehead atoms. The maximum Gasteiger partial charge on any atom is 0.356 e.